The van der Waals surface area contributed by atoms with Crippen LogP contribution in [0.25, 0.3) is 54.9 Å². The molecule has 1 saturated carbocycles. The zero-order chi connectivity index (χ0) is 27.6. The van der Waals surface area contributed by atoms with E-state index >= 15 is 0 Å². The molecule has 1 fully saturated rings. The predicted octanol–water partition coefficient (Wildman–Crippen LogP) is 11.0. The number of hydrogen-bond donors (Lipinski definition) is 0. The van der Waals surface area contributed by atoms with Gasteiger partial charge >= 0.3 is 0 Å². The van der Waals surface area contributed by atoms with Crippen molar-refractivity contribution >= 4 is 21.5 Å². The summed E-state index contributed by atoms with van der Waals surface area (Å²) < 4.78 is 6.70. The van der Waals surface area contributed by atoms with Gasteiger partial charge in [-0.25, -0.2) is 0 Å². The van der Waals surface area contributed by atoms with Gasteiger partial charge in [0.1, 0.15) is 11.4 Å². The van der Waals surface area contributed by atoms with Crippen molar-refractivity contribution in [3.8, 4) is 39.1 Å². The van der Waals surface area contributed by atoms with Gasteiger partial charge in [-0.3, -0.25) is 0 Å². The molecule has 1 nitrogen and oxygen atoms in total. The minimum absolute atomic E-state index is 0.0372. The Morgan fingerprint density at radius 1 is 0.488 bits per heavy atom. The number of rotatable bonds is 3. The minimum Gasteiger partial charge on any atom is -0.486 e. The standard InChI is InChI=1S/C40H34O/c1-39-25-10-11-26-40(39,2)41-35-20-12-19-30(38(35)39)27-21-23-29(24-22-27)37-33-17-8-6-15-31(33)36(28-13-4-3-5-14-28)32-16-7-9-18-34(32)37/h3-9,12-24H,10-11,25-26H2,1-2H3. The number of benzene rings is 6. The predicted molar refractivity (Wildman–Crippen MR) is 173 cm³/mol. The first kappa shape index (κ1) is 24.4. The largest absolute Gasteiger partial charge is 0.486 e. The highest BCUT2D eigenvalue weighted by atomic mass is 16.5. The Labute approximate surface area is 242 Å². The Balaban J connectivity index is 1.31. The lowest BCUT2D eigenvalue weighted by Crippen LogP contribution is -2.49. The second-order valence-corrected chi connectivity index (χ2v) is 12.3. The second kappa shape index (κ2) is 9.08. The van der Waals surface area contributed by atoms with E-state index in [1.54, 1.807) is 0 Å². The molecule has 0 saturated heterocycles. The van der Waals surface area contributed by atoms with Crippen LogP contribution in [0.3, 0.4) is 0 Å². The van der Waals surface area contributed by atoms with Crippen molar-refractivity contribution in [1.29, 1.82) is 0 Å². The van der Waals surface area contributed by atoms with E-state index in [9.17, 15) is 0 Å². The van der Waals surface area contributed by atoms with Crippen LogP contribution in [-0.2, 0) is 5.41 Å². The number of ether oxygens (including phenoxy) is 1. The SMILES string of the molecule is CC12CCCCC1(C)c1c(cccc1-c1ccc(-c3c4ccccc4c(-c4ccccc4)c4ccccc34)cc1)O2. The summed E-state index contributed by atoms with van der Waals surface area (Å²) in [5.41, 5.74) is 9.01. The molecule has 0 aromatic heterocycles. The van der Waals surface area contributed by atoms with Crippen molar-refractivity contribution in [1.82, 2.24) is 0 Å². The third kappa shape index (κ3) is 3.55. The molecule has 1 aliphatic heterocycles. The van der Waals surface area contributed by atoms with Gasteiger partial charge in [0.2, 0.25) is 0 Å². The van der Waals surface area contributed by atoms with Gasteiger partial charge in [-0.15, -0.1) is 0 Å². The molecule has 0 bridgehead atoms. The van der Waals surface area contributed by atoms with Gasteiger partial charge in [0.15, 0.2) is 0 Å². The van der Waals surface area contributed by atoms with Crippen LogP contribution in [0.5, 0.6) is 5.75 Å². The van der Waals surface area contributed by atoms with Gasteiger partial charge < -0.3 is 4.74 Å². The average molecular weight is 531 g/mol. The maximum Gasteiger partial charge on any atom is 0.124 e. The fraction of sp³-hybridized carbons (Fsp3) is 0.200. The first-order chi connectivity index (χ1) is 20.1. The van der Waals surface area contributed by atoms with E-state index < -0.39 is 0 Å². The van der Waals surface area contributed by atoms with Gasteiger partial charge in [-0.1, -0.05) is 129 Å². The lowest BCUT2D eigenvalue weighted by molar-refractivity contribution is 0.00749. The maximum absolute atomic E-state index is 6.70. The summed E-state index contributed by atoms with van der Waals surface area (Å²) in [7, 11) is 0. The van der Waals surface area contributed by atoms with Crippen molar-refractivity contribution in [2.75, 3.05) is 0 Å². The molecule has 0 amide bonds. The second-order valence-electron chi connectivity index (χ2n) is 12.3. The monoisotopic (exact) mass is 530 g/mol. The molecule has 2 unspecified atom stereocenters. The van der Waals surface area contributed by atoms with Crippen LogP contribution < -0.4 is 4.74 Å². The molecule has 200 valence electrons. The van der Waals surface area contributed by atoms with E-state index in [1.165, 1.54) is 79.8 Å². The number of fused-ring (bicyclic) bond motifs is 5. The van der Waals surface area contributed by atoms with E-state index in [1.807, 2.05) is 0 Å². The Kier molecular flexibility index (Phi) is 5.41. The number of hydrogen-bond acceptors (Lipinski definition) is 1. The molecule has 41 heavy (non-hydrogen) atoms. The highest BCUT2D eigenvalue weighted by molar-refractivity contribution is 6.21. The first-order valence-electron chi connectivity index (χ1n) is 15.0. The Morgan fingerprint density at radius 2 is 1.00 bits per heavy atom. The van der Waals surface area contributed by atoms with E-state index in [0.29, 0.717) is 0 Å². The normalized spacial score (nSPS) is 21.4. The quantitative estimate of drug-likeness (QED) is 0.207. The van der Waals surface area contributed by atoms with Crippen molar-refractivity contribution in [3.63, 3.8) is 0 Å². The van der Waals surface area contributed by atoms with Gasteiger partial charge in [-0.05, 0) is 87.2 Å². The topological polar surface area (TPSA) is 9.23 Å². The third-order valence-electron chi connectivity index (χ3n) is 10.1. The summed E-state index contributed by atoms with van der Waals surface area (Å²) in [5, 5.41) is 5.16. The molecule has 8 rings (SSSR count). The third-order valence-corrected chi connectivity index (χ3v) is 10.1. The summed E-state index contributed by atoms with van der Waals surface area (Å²) in [6, 6.07) is 44.5. The molecule has 0 spiro atoms. The van der Waals surface area contributed by atoms with Gasteiger partial charge in [0.25, 0.3) is 0 Å². The van der Waals surface area contributed by atoms with Crippen molar-refractivity contribution < 1.29 is 4.74 Å². The van der Waals surface area contributed by atoms with Crippen LogP contribution in [0.4, 0.5) is 0 Å². The van der Waals surface area contributed by atoms with Crippen LogP contribution in [0.1, 0.15) is 45.1 Å². The van der Waals surface area contributed by atoms with E-state index in [0.717, 1.165) is 12.2 Å². The highest BCUT2D eigenvalue weighted by Gasteiger charge is 2.56. The van der Waals surface area contributed by atoms with Crippen molar-refractivity contribution in [3.05, 3.63) is 127 Å². The van der Waals surface area contributed by atoms with E-state index in [-0.39, 0.29) is 11.0 Å². The fourth-order valence-electron chi connectivity index (χ4n) is 7.87. The summed E-state index contributed by atoms with van der Waals surface area (Å²) in [6.45, 7) is 4.76. The summed E-state index contributed by atoms with van der Waals surface area (Å²) in [6.07, 6.45) is 4.81. The molecule has 6 aromatic carbocycles. The summed E-state index contributed by atoms with van der Waals surface area (Å²) in [4.78, 5) is 0. The zero-order valence-electron chi connectivity index (χ0n) is 23.8. The lowest BCUT2D eigenvalue weighted by Gasteiger charge is -2.44. The van der Waals surface area contributed by atoms with Crippen LogP contribution in [0, 0.1) is 0 Å². The van der Waals surface area contributed by atoms with Gasteiger partial charge in [0.05, 0.1) is 0 Å². The Hall–Kier alpha value is -4.36. The molecule has 1 heterocycles. The summed E-state index contributed by atoms with van der Waals surface area (Å²) in [5.74, 6) is 1.08. The van der Waals surface area contributed by atoms with Gasteiger partial charge in [-0.2, -0.15) is 0 Å². The molecular weight excluding hydrogens is 496 g/mol. The molecule has 2 aliphatic rings. The molecule has 1 heteroatoms. The van der Waals surface area contributed by atoms with Crippen molar-refractivity contribution in [2.24, 2.45) is 0 Å². The first-order valence-corrected chi connectivity index (χ1v) is 15.0. The van der Waals surface area contributed by atoms with Crippen LogP contribution in [-0.4, -0.2) is 5.60 Å². The van der Waals surface area contributed by atoms with Crippen LogP contribution >= 0.6 is 0 Å². The zero-order valence-corrected chi connectivity index (χ0v) is 23.8. The molecule has 0 N–H and O–H groups in total. The molecule has 1 aliphatic carbocycles. The fourth-order valence-corrected chi connectivity index (χ4v) is 7.87. The molecule has 6 aromatic rings. The Morgan fingerprint density at radius 3 is 1.61 bits per heavy atom. The van der Waals surface area contributed by atoms with E-state index in [2.05, 4.69) is 135 Å². The minimum atomic E-state index is -0.123. The average Bonchev–Trinajstić information content (AvgIpc) is 3.27. The molecular formula is C40H34O. The lowest BCUT2D eigenvalue weighted by atomic mass is 9.62. The summed E-state index contributed by atoms with van der Waals surface area (Å²) >= 11 is 0. The maximum atomic E-state index is 6.70. The molecule has 0 radical (unpaired) electrons. The van der Waals surface area contributed by atoms with E-state index in [4.69, 9.17) is 4.74 Å². The van der Waals surface area contributed by atoms with Crippen LogP contribution in [0.15, 0.2) is 121 Å². The highest BCUT2D eigenvalue weighted by Crippen LogP contribution is 2.58. The smallest absolute Gasteiger partial charge is 0.124 e. The van der Waals surface area contributed by atoms with Crippen LogP contribution in [0.2, 0.25) is 0 Å². The molecule has 2 atom stereocenters. The Bertz CT molecular complexity index is 1880. The van der Waals surface area contributed by atoms with Crippen molar-refractivity contribution in [2.45, 2.75) is 50.5 Å². The van der Waals surface area contributed by atoms with Gasteiger partial charge in [0, 0.05) is 11.0 Å².